The summed E-state index contributed by atoms with van der Waals surface area (Å²) in [5.74, 6) is -0.740. The number of amides is 1. The van der Waals surface area contributed by atoms with Crippen molar-refractivity contribution in [3.63, 3.8) is 0 Å². The normalized spacial score (nSPS) is 11.7. The minimum atomic E-state index is -0.410. The molecule has 5 heteroatoms. The van der Waals surface area contributed by atoms with E-state index in [4.69, 9.17) is 9.15 Å². The van der Waals surface area contributed by atoms with Crippen LogP contribution in [0.2, 0.25) is 0 Å². The van der Waals surface area contributed by atoms with Crippen LogP contribution in [0.25, 0.3) is 0 Å². The average Bonchev–Trinajstić information content (AvgIpc) is 3.08. The molecule has 0 N–H and O–H groups in total. The summed E-state index contributed by atoms with van der Waals surface area (Å²) in [7, 11) is 1.34. The van der Waals surface area contributed by atoms with E-state index in [2.05, 4.69) is 0 Å². The Labute approximate surface area is 129 Å². The number of furan rings is 1. The second kappa shape index (κ2) is 7.45. The molecule has 0 radical (unpaired) electrons. The van der Waals surface area contributed by atoms with Crippen LogP contribution in [0, 0.1) is 5.92 Å². The highest BCUT2D eigenvalue weighted by Crippen LogP contribution is 2.13. The number of esters is 1. The van der Waals surface area contributed by atoms with Crippen LogP contribution in [0.3, 0.4) is 0 Å². The lowest BCUT2D eigenvalue weighted by Gasteiger charge is -2.24. The van der Waals surface area contributed by atoms with E-state index in [0.717, 1.165) is 5.56 Å². The summed E-state index contributed by atoms with van der Waals surface area (Å²) in [6.07, 6.45) is 1.46. The van der Waals surface area contributed by atoms with Gasteiger partial charge >= 0.3 is 5.97 Å². The first-order valence-corrected chi connectivity index (χ1v) is 7.06. The molecular formula is C17H19NO4. The first kappa shape index (κ1) is 15.8. The van der Waals surface area contributed by atoms with E-state index < -0.39 is 5.92 Å². The number of nitrogens with zero attached hydrogens (tertiary/aromatic N) is 1. The molecule has 0 aliphatic carbocycles. The van der Waals surface area contributed by atoms with E-state index in [1.807, 2.05) is 30.3 Å². The average molecular weight is 301 g/mol. The van der Waals surface area contributed by atoms with E-state index in [9.17, 15) is 9.59 Å². The zero-order valence-corrected chi connectivity index (χ0v) is 12.7. The molecule has 0 aliphatic heterocycles. The van der Waals surface area contributed by atoms with Crippen LogP contribution in [0.5, 0.6) is 0 Å². The van der Waals surface area contributed by atoms with E-state index in [0.29, 0.717) is 6.54 Å². The van der Waals surface area contributed by atoms with Crippen LogP contribution < -0.4 is 0 Å². The van der Waals surface area contributed by atoms with Gasteiger partial charge in [-0.1, -0.05) is 37.3 Å². The number of hydrogen-bond donors (Lipinski definition) is 0. The molecule has 1 aromatic heterocycles. The van der Waals surface area contributed by atoms with Crippen LogP contribution in [0.15, 0.2) is 53.1 Å². The molecule has 0 spiro atoms. The third-order valence-electron chi connectivity index (χ3n) is 3.33. The molecule has 22 heavy (non-hydrogen) atoms. The fraction of sp³-hybridized carbons (Fsp3) is 0.294. The molecule has 1 heterocycles. The summed E-state index contributed by atoms with van der Waals surface area (Å²) in [6.45, 7) is 2.40. The number of carbonyl (C=O) groups excluding carboxylic acids is 2. The van der Waals surface area contributed by atoms with Gasteiger partial charge < -0.3 is 14.1 Å². The quantitative estimate of drug-likeness (QED) is 0.770. The molecule has 0 bridgehead atoms. The van der Waals surface area contributed by atoms with Gasteiger partial charge in [-0.05, 0) is 17.7 Å². The number of ether oxygens (including phenoxy) is 1. The summed E-state index contributed by atoms with van der Waals surface area (Å²) >= 11 is 0. The van der Waals surface area contributed by atoms with Crippen LogP contribution in [-0.2, 0) is 16.1 Å². The molecule has 0 fully saturated rings. The van der Waals surface area contributed by atoms with E-state index in [-0.39, 0.29) is 24.2 Å². The Balaban J connectivity index is 2.16. The molecule has 0 aliphatic rings. The fourth-order valence-corrected chi connectivity index (χ4v) is 2.19. The Morgan fingerprint density at radius 2 is 1.91 bits per heavy atom. The molecule has 116 valence electrons. The van der Waals surface area contributed by atoms with E-state index >= 15 is 0 Å². The lowest BCUT2D eigenvalue weighted by molar-refractivity contribution is -0.145. The van der Waals surface area contributed by atoms with Gasteiger partial charge in [-0.15, -0.1) is 0 Å². The zero-order chi connectivity index (χ0) is 15.9. The monoisotopic (exact) mass is 301 g/mol. The van der Waals surface area contributed by atoms with Gasteiger partial charge in [0, 0.05) is 13.1 Å². The molecule has 2 aromatic rings. The molecule has 2 rings (SSSR count). The van der Waals surface area contributed by atoms with Gasteiger partial charge in [0.25, 0.3) is 5.91 Å². The Hall–Kier alpha value is -2.56. The summed E-state index contributed by atoms with van der Waals surface area (Å²) in [4.78, 5) is 25.8. The molecule has 1 unspecified atom stereocenters. The van der Waals surface area contributed by atoms with Gasteiger partial charge in [0.1, 0.15) is 0 Å². The number of hydrogen-bond acceptors (Lipinski definition) is 4. The summed E-state index contributed by atoms with van der Waals surface area (Å²) in [6, 6.07) is 12.9. The number of benzene rings is 1. The number of carbonyl (C=O) groups is 2. The molecular weight excluding hydrogens is 282 g/mol. The van der Waals surface area contributed by atoms with Crippen molar-refractivity contribution in [2.75, 3.05) is 13.7 Å². The van der Waals surface area contributed by atoms with E-state index in [1.165, 1.54) is 13.4 Å². The van der Waals surface area contributed by atoms with Crippen molar-refractivity contribution in [3.05, 3.63) is 60.1 Å². The highest BCUT2D eigenvalue weighted by atomic mass is 16.5. The summed E-state index contributed by atoms with van der Waals surface area (Å²) in [5, 5.41) is 0. The summed E-state index contributed by atoms with van der Waals surface area (Å²) < 4.78 is 9.91. The SMILES string of the molecule is COC(=O)C(C)CN(Cc1ccccc1)C(=O)c1ccco1. The van der Waals surface area contributed by atoms with Crippen molar-refractivity contribution in [3.8, 4) is 0 Å². The van der Waals surface area contributed by atoms with Crippen LogP contribution in [0.1, 0.15) is 23.0 Å². The van der Waals surface area contributed by atoms with Gasteiger partial charge in [-0.3, -0.25) is 9.59 Å². The molecule has 1 atom stereocenters. The van der Waals surface area contributed by atoms with Crippen LogP contribution in [0.4, 0.5) is 0 Å². The van der Waals surface area contributed by atoms with Gasteiger partial charge in [-0.2, -0.15) is 0 Å². The van der Waals surface area contributed by atoms with Gasteiger partial charge in [-0.25, -0.2) is 0 Å². The lowest BCUT2D eigenvalue weighted by Crippen LogP contribution is -2.36. The third kappa shape index (κ3) is 3.97. The molecule has 0 saturated carbocycles. The predicted molar refractivity (Wildman–Crippen MR) is 81.1 cm³/mol. The summed E-state index contributed by atoms with van der Waals surface area (Å²) in [5.41, 5.74) is 0.986. The maximum atomic E-state index is 12.5. The Bertz CT molecular complexity index is 607. The Morgan fingerprint density at radius 3 is 2.50 bits per heavy atom. The van der Waals surface area contributed by atoms with Gasteiger partial charge in [0.05, 0.1) is 19.3 Å². The molecule has 1 aromatic carbocycles. The van der Waals surface area contributed by atoms with Crippen molar-refractivity contribution in [2.24, 2.45) is 5.92 Å². The van der Waals surface area contributed by atoms with Gasteiger partial charge in [0.15, 0.2) is 5.76 Å². The standard InChI is InChI=1S/C17H19NO4/c1-13(17(20)21-2)11-18(12-14-7-4-3-5-8-14)16(19)15-9-6-10-22-15/h3-10,13H,11-12H2,1-2H3. The van der Waals surface area contributed by atoms with Gasteiger partial charge in [0.2, 0.25) is 0 Å². The predicted octanol–water partition coefficient (Wildman–Crippen LogP) is 2.73. The van der Waals surface area contributed by atoms with Crippen LogP contribution >= 0.6 is 0 Å². The maximum absolute atomic E-state index is 12.5. The first-order chi connectivity index (χ1) is 10.6. The van der Waals surface area contributed by atoms with E-state index in [1.54, 1.807) is 24.0 Å². The maximum Gasteiger partial charge on any atom is 0.310 e. The Morgan fingerprint density at radius 1 is 1.18 bits per heavy atom. The minimum Gasteiger partial charge on any atom is -0.469 e. The van der Waals surface area contributed by atoms with Crippen molar-refractivity contribution >= 4 is 11.9 Å². The lowest BCUT2D eigenvalue weighted by atomic mass is 10.1. The molecule has 5 nitrogen and oxygen atoms in total. The number of methoxy groups -OCH3 is 1. The van der Waals surface area contributed by atoms with Crippen molar-refractivity contribution in [1.82, 2.24) is 4.90 Å². The second-order valence-electron chi connectivity index (χ2n) is 5.07. The zero-order valence-electron chi connectivity index (χ0n) is 12.7. The smallest absolute Gasteiger partial charge is 0.310 e. The van der Waals surface area contributed by atoms with Crippen molar-refractivity contribution in [1.29, 1.82) is 0 Å². The third-order valence-corrected chi connectivity index (χ3v) is 3.33. The largest absolute Gasteiger partial charge is 0.469 e. The van der Waals surface area contributed by atoms with Crippen molar-refractivity contribution in [2.45, 2.75) is 13.5 Å². The number of rotatable bonds is 6. The van der Waals surface area contributed by atoms with Crippen LogP contribution in [-0.4, -0.2) is 30.4 Å². The second-order valence-corrected chi connectivity index (χ2v) is 5.07. The van der Waals surface area contributed by atoms with Crippen molar-refractivity contribution < 1.29 is 18.7 Å². The molecule has 0 saturated heterocycles. The highest BCUT2D eigenvalue weighted by molar-refractivity contribution is 5.91. The topological polar surface area (TPSA) is 59.8 Å². The minimum absolute atomic E-state index is 0.246. The molecule has 1 amide bonds. The highest BCUT2D eigenvalue weighted by Gasteiger charge is 2.24. The first-order valence-electron chi connectivity index (χ1n) is 7.06. The Kier molecular flexibility index (Phi) is 5.36. The fourth-order valence-electron chi connectivity index (χ4n) is 2.19.